The Balaban J connectivity index is 2.07. The summed E-state index contributed by atoms with van der Waals surface area (Å²) in [6.07, 6.45) is 1.72. The van der Waals surface area contributed by atoms with Crippen molar-refractivity contribution in [3.05, 3.63) is 46.6 Å². The molecule has 96 valence electrons. The number of halogens is 2. The molecule has 0 saturated carbocycles. The van der Waals surface area contributed by atoms with Gasteiger partial charge in [0.25, 0.3) is 0 Å². The third kappa shape index (κ3) is 2.20. The van der Waals surface area contributed by atoms with E-state index in [1.807, 2.05) is 12.1 Å². The van der Waals surface area contributed by atoms with Gasteiger partial charge in [-0.1, -0.05) is 29.3 Å². The first kappa shape index (κ1) is 12.1. The molecule has 6 heteroatoms. The van der Waals surface area contributed by atoms with E-state index in [9.17, 15) is 0 Å². The van der Waals surface area contributed by atoms with E-state index in [4.69, 9.17) is 28.9 Å². The van der Waals surface area contributed by atoms with Crippen LogP contribution >= 0.6 is 23.2 Å². The molecular formula is C13H10Cl2N4. The quantitative estimate of drug-likeness (QED) is 0.620. The van der Waals surface area contributed by atoms with Crippen LogP contribution in [0.5, 0.6) is 0 Å². The number of aromatic nitrogens is 2. The van der Waals surface area contributed by atoms with E-state index in [-0.39, 0.29) is 0 Å². The zero-order valence-electron chi connectivity index (χ0n) is 9.74. The number of nitrogen functional groups attached to an aromatic ring is 1. The smallest absolute Gasteiger partial charge is 0.0763 e. The Morgan fingerprint density at radius 2 is 1.89 bits per heavy atom. The highest BCUT2D eigenvalue weighted by Gasteiger charge is 2.09. The molecule has 4 N–H and O–H groups in total. The van der Waals surface area contributed by atoms with E-state index in [1.54, 1.807) is 24.4 Å². The molecule has 3 aromatic rings. The Hall–Kier alpha value is -1.91. The van der Waals surface area contributed by atoms with Gasteiger partial charge in [-0.3, -0.25) is 5.10 Å². The minimum absolute atomic E-state index is 0.539. The highest BCUT2D eigenvalue weighted by atomic mass is 35.5. The molecule has 0 spiro atoms. The van der Waals surface area contributed by atoms with E-state index < -0.39 is 0 Å². The van der Waals surface area contributed by atoms with Gasteiger partial charge in [-0.15, -0.1) is 0 Å². The lowest BCUT2D eigenvalue weighted by Gasteiger charge is -2.12. The van der Waals surface area contributed by atoms with Crippen LogP contribution in [0.15, 0.2) is 36.5 Å². The summed E-state index contributed by atoms with van der Waals surface area (Å²) in [4.78, 5) is 0. The number of H-pyrrole nitrogens is 1. The number of hydrogen-bond donors (Lipinski definition) is 3. The lowest BCUT2D eigenvalue weighted by molar-refractivity contribution is 1.12. The van der Waals surface area contributed by atoms with E-state index in [0.717, 1.165) is 16.6 Å². The van der Waals surface area contributed by atoms with E-state index in [1.165, 1.54) is 0 Å². The summed E-state index contributed by atoms with van der Waals surface area (Å²) in [5, 5.41) is 12.0. The number of rotatable bonds is 2. The average molecular weight is 293 g/mol. The van der Waals surface area contributed by atoms with E-state index in [0.29, 0.717) is 21.4 Å². The minimum atomic E-state index is 0.539. The van der Waals surface area contributed by atoms with Crippen molar-refractivity contribution in [2.75, 3.05) is 11.1 Å². The van der Waals surface area contributed by atoms with E-state index >= 15 is 0 Å². The van der Waals surface area contributed by atoms with Crippen molar-refractivity contribution < 1.29 is 0 Å². The molecule has 0 atom stereocenters. The number of nitrogens with two attached hydrogens (primary N) is 1. The predicted molar refractivity (Wildman–Crippen MR) is 80.3 cm³/mol. The lowest BCUT2D eigenvalue weighted by Crippen LogP contribution is -1.97. The molecule has 0 radical (unpaired) electrons. The molecule has 1 aromatic heterocycles. The monoisotopic (exact) mass is 292 g/mol. The van der Waals surface area contributed by atoms with Gasteiger partial charge in [0.05, 0.1) is 38.8 Å². The zero-order chi connectivity index (χ0) is 13.4. The van der Waals surface area contributed by atoms with Gasteiger partial charge >= 0.3 is 0 Å². The summed E-state index contributed by atoms with van der Waals surface area (Å²) in [6.45, 7) is 0. The zero-order valence-corrected chi connectivity index (χ0v) is 11.3. The molecule has 4 nitrogen and oxygen atoms in total. The molecule has 0 saturated heterocycles. The van der Waals surface area contributed by atoms with Crippen LogP contribution in [0.1, 0.15) is 0 Å². The first-order valence-corrected chi connectivity index (χ1v) is 6.34. The van der Waals surface area contributed by atoms with Crippen LogP contribution in [0, 0.1) is 0 Å². The number of aromatic amines is 1. The van der Waals surface area contributed by atoms with Crippen LogP contribution in [-0.2, 0) is 0 Å². The van der Waals surface area contributed by atoms with Crippen molar-refractivity contribution in [3.8, 4) is 0 Å². The lowest BCUT2D eigenvalue weighted by atomic mass is 10.2. The molecular weight excluding hydrogens is 283 g/mol. The summed E-state index contributed by atoms with van der Waals surface area (Å²) >= 11 is 12.2. The van der Waals surface area contributed by atoms with Gasteiger partial charge < -0.3 is 11.1 Å². The van der Waals surface area contributed by atoms with Crippen molar-refractivity contribution in [1.82, 2.24) is 10.2 Å². The van der Waals surface area contributed by atoms with Gasteiger partial charge in [0.15, 0.2) is 0 Å². The highest BCUT2D eigenvalue weighted by Crippen LogP contribution is 2.35. The van der Waals surface area contributed by atoms with Crippen molar-refractivity contribution in [3.63, 3.8) is 0 Å². The van der Waals surface area contributed by atoms with Gasteiger partial charge in [-0.05, 0) is 24.3 Å². The van der Waals surface area contributed by atoms with Gasteiger partial charge in [0, 0.05) is 5.39 Å². The number of fused-ring (bicyclic) bond motifs is 1. The maximum Gasteiger partial charge on any atom is 0.0763 e. The molecule has 0 aliphatic carbocycles. The van der Waals surface area contributed by atoms with Gasteiger partial charge in [-0.25, -0.2) is 0 Å². The predicted octanol–water partition coefficient (Wildman–Crippen LogP) is 4.20. The van der Waals surface area contributed by atoms with Crippen molar-refractivity contribution in [2.45, 2.75) is 0 Å². The van der Waals surface area contributed by atoms with E-state index in [2.05, 4.69) is 15.5 Å². The summed E-state index contributed by atoms with van der Waals surface area (Å²) in [6, 6.07) is 9.03. The standard InChI is InChI=1S/C13H10Cl2N4/c14-8-2-1-3-9(15)13(8)18-12-5-11-7(4-10(12)16)6-17-19-11/h1-6,18H,16H2,(H,17,19). The SMILES string of the molecule is Nc1cc2cn[nH]c2cc1Nc1c(Cl)cccc1Cl. The Morgan fingerprint density at radius 3 is 2.63 bits per heavy atom. The van der Waals surface area contributed by atoms with Crippen LogP contribution in [0.25, 0.3) is 10.9 Å². The fraction of sp³-hybridized carbons (Fsp3) is 0. The molecule has 0 fully saturated rings. The number of anilines is 3. The number of nitrogens with zero attached hydrogens (tertiary/aromatic N) is 1. The Labute approximate surface area is 119 Å². The van der Waals surface area contributed by atoms with Gasteiger partial charge in [0.2, 0.25) is 0 Å². The maximum absolute atomic E-state index is 6.12. The van der Waals surface area contributed by atoms with Crippen LogP contribution in [0.2, 0.25) is 10.0 Å². The number of benzene rings is 2. The Kier molecular flexibility index (Phi) is 2.97. The largest absolute Gasteiger partial charge is 0.397 e. The van der Waals surface area contributed by atoms with Gasteiger partial charge in [0.1, 0.15) is 0 Å². The molecule has 2 aromatic carbocycles. The summed E-state index contributed by atoms with van der Waals surface area (Å²) in [5.74, 6) is 0. The summed E-state index contributed by atoms with van der Waals surface area (Å²) < 4.78 is 0. The minimum Gasteiger partial charge on any atom is -0.397 e. The molecule has 0 unspecified atom stereocenters. The molecule has 3 rings (SSSR count). The number of para-hydroxylation sites is 1. The maximum atomic E-state index is 6.12. The topological polar surface area (TPSA) is 66.7 Å². The van der Waals surface area contributed by atoms with Crippen molar-refractivity contribution in [1.29, 1.82) is 0 Å². The molecule has 0 amide bonds. The number of nitrogens with one attached hydrogen (secondary N) is 2. The molecule has 0 aliphatic rings. The molecule has 0 bridgehead atoms. The number of hydrogen-bond acceptors (Lipinski definition) is 3. The van der Waals surface area contributed by atoms with Gasteiger partial charge in [-0.2, -0.15) is 5.10 Å². The first-order valence-electron chi connectivity index (χ1n) is 5.59. The second kappa shape index (κ2) is 4.64. The van der Waals surface area contributed by atoms with Crippen LogP contribution in [0.4, 0.5) is 17.1 Å². The fourth-order valence-corrected chi connectivity index (χ4v) is 2.36. The van der Waals surface area contributed by atoms with Crippen molar-refractivity contribution >= 4 is 51.2 Å². The molecule has 19 heavy (non-hydrogen) atoms. The second-order valence-electron chi connectivity index (χ2n) is 4.12. The summed E-state index contributed by atoms with van der Waals surface area (Å²) in [7, 11) is 0. The fourth-order valence-electron chi connectivity index (χ4n) is 1.87. The van der Waals surface area contributed by atoms with Crippen LogP contribution in [-0.4, -0.2) is 10.2 Å². The Morgan fingerprint density at radius 1 is 1.16 bits per heavy atom. The van der Waals surface area contributed by atoms with Crippen molar-refractivity contribution in [2.24, 2.45) is 0 Å². The Bertz CT molecular complexity index is 731. The summed E-state index contributed by atoms with van der Waals surface area (Å²) in [5.41, 5.74) is 8.86. The third-order valence-electron chi connectivity index (χ3n) is 2.83. The molecule has 0 aliphatic heterocycles. The molecule has 1 heterocycles. The average Bonchev–Trinajstić information content (AvgIpc) is 2.81. The normalized spacial score (nSPS) is 10.8. The first-order chi connectivity index (χ1) is 9.15. The second-order valence-corrected chi connectivity index (χ2v) is 4.93. The third-order valence-corrected chi connectivity index (χ3v) is 3.46. The van der Waals surface area contributed by atoms with Crippen LogP contribution in [0.3, 0.4) is 0 Å². The van der Waals surface area contributed by atoms with Crippen LogP contribution < -0.4 is 11.1 Å². The highest BCUT2D eigenvalue weighted by molar-refractivity contribution is 6.39.